The molecule has 0 unspecified atom stereocenters. The third-order valence-corrected chi connectivity index (χ3v) is 5.48. The maximum Gasteiger partial charge on any atom is 0.157 e. The molecule has 0 saturated carbocycles. The van der Waals surface area contributed by atoms with Crippen molar-refractivity contribution in [2.24, 2.45) is 0 Å². The van der Waals surface area contributed by atoms with Gasteiger partial charge in [-0.15, -0.1) is 0 Å². The van der Waals surface area contributed by atoms with Crippen molar-refractivity contribution in [3.63, 3.8) is 0 Å². The van der Waals surface area contributed by atoms with E-state index in [1.54, 1.807) is 6.20 Å². The first-order valence-electron chi connectivity index (χ1n) is 9.98. The Morgan fingerprint density at radius 1 is 0.793 bits per heavy atom. The number of nitrogens with zero attached hydrogens (tertiary/aromatic N) is 6. The average molecular weight is 384 g/mol. The highest BCUT2D eigenvalue weighted by Crippen LogP contribution is 2.40. The predicted molar refractivity (Wildman–Crippen MR) is 117 cm³/mol. The molecule has 1 fully saturated rings. The van der Waals surface area contributed by atoms with Crippen LogP contribution in [0.5, 0.6) is 0 Å². The number of aromatic nitrogens is 3. The van der Waals surface area contributed by atoms with Gasteiger partial charge >= 0.3 is 0 Å². The first-order chi connectivity index (χ1) is 14.3. The molecule has 2 aromatic heterocycles. The molecule has 1 aliphatic heterocycles. The van der Waals surface area contributed by atoms with E-state index in [0.29, 0.717) is 0 Å². The van der Waals surface area contributed by atoms with Gasteiger partial charge in [-0.1, -0.05) is 30.3 Å². The van der Waals surface area contributed by atoms with E-state index in [0.717, 1.165) is 49.0 Å². The molecule has 0 N–H and O–H groups in total. The Balaban J connectivity index is 1.68. The quantitative estimate of drug-likeness (QED) is 0.533. The molecule has 4 aromatic rings. The minimum atomic E-state index is 0.834. The van der Waals surface area contributed by atoms with E-state index in [9.17, 15) is 0 Å². The summed E-state index contributed by atoms with van der Waals surface area (Å²) in [7, 11) is 2.19. The number of hydrogen-bond donors (Lipinski definition) is 0. The summed E-state index contributed by atoms with van der Waals surface area (Å²) in [6.45, 7) is 4.17. The number of rotatable bonds is 4. The maximum atomic E-state index is 4.53. The van der Waals surface area contributed by atoms with E-state index in [-0.39, 0.29) is 0 Å². The summed E-state index contributed by atoms with van der Waals surface area (Å²) in [5, 5.41) is 4.53. The van der Waals surface area contributed by atoms with Crippen LogP contribution in [0.2, 0.25) is 0 Å². The summed E-state index contributed by atoms with van der Waals surface area (Å²) in [5.41, 5.74) is 4.31. The zero-order valence-electron chi connectivity index (χ0n) is 16.5. The van der Waals surface area contributed by atoms with Gasteiger partial charge < -0.3 is 9.80 Å². The molecule has 5 rings (SSSR count). The molecule has 1 aliphatic rings. The van der Waals surface area contributed by atoms with Crippen LogP contribution in [0.1, 0.15) is 0 Å². The first-order valence-corrected chi connectivity index (χ1v) is 9.98. The van der Waals surface area contributed by atoms with E-state index in [1.165, 1.54) is 5.69 Å². The van der Waals surface area contributed by atoms with Gasteiger partial charge in [0.25, 0.3) is 0 Å². The monoisotopic (exact) mass is 384 g/mol. The van der Waals surface area contributed by atoms with Crippen molar-refractivity contribution in [2.45, 2.75) is 0 Å². The molecule has 0 amide bonds. The van der Waals surface area contributed by atoms with Crippen LogP contribution in [0.3, 0.4) is 0 Å². The SMILES string of the molecule is CN1CCN(c2ccccc2N(c2ccccc2)c2ccnc3ccnn23)CC1. The van der Waals surface area contributed by atoms with Crippen LogP contribution in [-0.4, -0.2) is 52.7 Å². The second kappa shape index (κ2) is 7.56. The number of likely N-dealkylation sites (N-methyl/N-ethyl adjacent to an activating group) is 1. The molecule has 0 spiro atoms. The summed E-state index contributed by atoms with van der Waals surface area (Å²) in [6.07, 6.45) is 3.64. The number of anilines is 4. The maximum absolute atomic E-state index is 4.53. The molecular formula is C23H24N6. The normalized spacial score (nSPS) is 15.0. The number of para-hydroxylation sites is 3. The lowest BCUT2D eigenvalue weighted by Crippen LogP contribution is -2.44. The summed E-state index contributed by atoms with van der Waals surface area (Å²) in [4.78, 5) is 11.6. The van der Waals surface area contributed by atoms with Crippen molar-refractivity contribution in [3.8, 4) is 0 Å². The second-order valence-corrected chi connectivity index (χ2v) is 7.35. The lowest BCUT2D eigenvalue weighted by molar-refractivity contribution is 0.313. The van der Waals surface area contributed by atoms with Gasteiger partial charge in [0.1, 0.15) is 5.82 Å². The van der Waals surface area contributed by atoms with Gasteiger partial charge in [0.05, 0.1) is 17.6 Å². The van der Waals surface area contributed by atoms with Gasteiger partial charge in [-0.25, -0.2) is 4.98 Å². The molecule has 0 radical (unpaired) electrons. The Labute approximate surface area is 170 Å². The Hall–Kier alpha value is -3.38. The minimum absolute atomic E-state index is 0.834. The van der Waals surface area contributed by atoms with Crippen molar-refractivity contribution in [1.29, 1.82) is 0 Å². The molecule has 0 atom stereocenters. The van der Waals surface area contributed by atoms with Crippen LogP contribution < -0.4 is 9.80 Å². The molecule has 6 heteroatoms. The molecule has 6 nitrogen and oxygen atoms in total. The van der Waals surface area contributed by atoms with Gasteiger partial charge in [-0.3, -0.25) is 4.90 Å². The van der Waals surface area contributed by atoms with Crippen molar-refractivity contribution in [2.75, 3.05) is 43.0 Å². The molecular weight excluding hydrogens is 360 g/mol. The van der Waals surface area contributed by atoms with Crippen LogP contribution in [0.4, 0.5) is 22.9 Å². The number of piperazine rings is 1. The van der Waals surface area contributed by atoms with E-state index >= 15 is 0 Å². The van der Waals surface area contributed by atoms with Crippen LogP contribution in [-0.2, 0) is 0 Å². The summed E-state index contributed by atoms with van der Waals surface area (Å²) in [6, 6.07) is 23.0. The lowest BCUT2D eigenvalue weighted by Gasteiger charge is -2.37. The average Bonchev–Trinajstić information content (AvgIpc) is 3.26. The van der Waals surface area contributed by atoms with E-state index < -0.39 is 0 Å². The molecule has 1 saturated heterocycles. The smallest absolute Gasteiger partial charge is 0.157 e. The number of hydrogen-bond acceptors (Lipinski definition) is 5. The fraction of sp³-hybridized carbons (Fsp3) is 0.217. The van der Waals surface area contributed by atoms with E-state index in [2.05, 4.69) is 80.4 Å². The number of benzene rings is 2. The third kappa shape index (κ3) is 3.32. The highest BCUT2D eigenvalue weighted by molar-refractivity contribution is 5.84. The van der Waals surface area contributed by atoms with Gasteiger partial charge in [0.2, 0.25) is 0 Å². The van der Waals surface area contributed by atoms with Gasteiger partial charge in [-0.2, -0.15) is 9.61 Å². The highest BCUT2D eigenvalue weighted by atomic mass is 15.4. The standard InChI is InChI=1S/C23H24N6/c1-26-15-17-27(18-16-26)20-9-5-6-10-21(20)28(19-7-3-2-4-8-19)23-12-13-24-22-11-14-25-29(22)23/h2-14H,15-18H2,1H3. The lowest BCUT2D eigenvalue weighted by atomic mass is 10.1. The Kier molecular flexibility index (Phi) is 4.62. The van der Waals surface area contributed by atoms with Gasteiger partial charge in [0, 0.05) is 44.1 Å². The molecule has 29 heavy (non-hydrogen) atoms. The van der Waals surface area contributed by atoms with Crippen LogP contribution in [0.25, 0.3) is 5.65 Å². The van der Waals surface area contributed by atoms with Gasteiger partial charge in [0.15, 0.2) is 5.65 Å². The second-order valence-electron chi connectivity index (χ2n) is 7.35. The zero-order valence-corrected chi connectivity index (χ0v) is 16.5. The van der Waals surface area contributed by atoms with E-state index in [1.807, 2.05) is 28.9 Å². The van der Waals surface area contributed by atoms with Crippen LogP contribution in [0, 0.1) is 0 Å². The molecule has 3 heterocycles. The van der Waals surface area contributed by atoms with Crippen LogP contribution >= 0.6 is 0 Å². The molecule has 146 valence electrons. The van der Waals surface area contributed by atoms with Crippen molar-refractivity contribution >= 4 is 28.5 Å². The molecule has 2 aromatic carbocycles. The fourth-order valence-electron chi connectivity index (χ4n) is 3.93. The highest BCUT2D eigenvalue weighted by Gasteiger charge is 2.23. The summed E-state index contributed by atoms with van der Waals surface area (Å²) in [5.74, 6) is 0.966. The zero-order chi connectivity index (χ0) is 19.6. The predicted octanol–water partition coefficient (Wildman–Crippen LogP) is 3.95. The van der Waals surface area contributed by atoms with Crippen molar-refractivity contribution in [1.82, 2.24) is 19.5 Å². The minimum Gasteiger partial charge on any atom is -0.367 e. The topological polar surface area (TPSA) is 39.9 Å². The Bertz CT molecular complexity index is 1100. The van der Waals surface area contributed by atoms with Gasteiger partial charge in [-0.05, 0) is 37.4 Å². The van der Waals surface area contributed by atoms with Crippen molar-refractivity contribution in [3.05, 3.63) is 79.1 Å². The van der Waals surface area contributed by atoms with Crippen molar-refractivity contribution < 1.29 is 0 Å². The Morgan fingerprint density at radius 3 is 2.38 bits per heavy atom. The number of fused-ring (bicyclic) bond motifs is 1. The molecule has 0 aliphatic carbocycles. The first kappa shape index (κ1) is 17.7. The van der Waals surface area contributed by atoms with Crippen LogP contribution in [0.15, 0.2) is 79.1 Å². The Morgan fingerprint density at radius 2 is 1.55 bits per heavy atom. The van der Waals surface area contributed by atoms with E-state index in [4.69, 9.17) is 0 Å². The largest absolute Gasteiger partial charge is 0.367 e. The fourth-order valence-corrected chi connectivity index (χ4v) is 3.93. The molecule has 0 bridgehead atoms. The summed E-state index contributed by atoms with van der Waals surface area (Å²) < 4.78 is 1.90. The third-order valence-electron chi connectivity index (χ3n) is 5.48. The summed E-state index contributed by atoms with van der Waals surface area (Å²) >= 11 is 0.